The van der Waals surface area contributed by atoms with Crippen LogP contribution in [0.5, 0.6) is 0 Å². The zero-order chi connectivity index (χ0) is 35.1. The average molecular weight is 694 g/mol. The number of benzene rings is 3. The summed E-state index contributed by atoms with van der Waals surface area (Å²) in [7, 11) is 0. The number of nitro groups is 1. The molecular weight excluding hydrogens is 659 g/mol. The second kappa shape index (κ2) is 15.3. The third-order valence-corrected chi connectivity index (χ3v) is 10.4. The predicted molar refractivity (Wildman–Crippen MR) is 193 cm³/mol. The van der Waals surface area contributed by atoms with Gasteiger partial charge in [-0.05, 0) is 90.3 Å². The molecule has 1 unspecified atom stereocenters. The molecule has 0 saturated carbocycles. The number of hydrogen-bond donors (Lipinski definition) is 3. The monoisotopic (exact) mass is 693 g/mol. The van der Waals surface area contributed by atoms with Gasteiger partial charge < -0.3 is 16.0 Å². The Morgan fingerprint density at radius 2 is 1.78 bits per heavy atom. The maximum absolute atomic E-state index is 13.5. The van der Waals surface area contributed by atoms with Gasteiger partial charge in [0.05, 0.1) is 16.2 Å². The van der Waals surface area contributed by atoms with Crippen LogP contribution in [0, 0.1) is 32.8 Å². The molecule has 5 rings (SSSR count). The number of nitrogens with zero attached hydrogens (tertiary/aromatic N) is 2. The molecule has 1 aromatic heterocycles. The summed E-state index contributed by atoms with van der Waals surface area (Å²) in [6, 6.07) is 23.3. The largest absolute Gasteiger partial charge is 0.321 e. The fourth-order valence-corrected chi connectivity index (χ4v) is 7.56. The summed E-state index contributed by atoms with van der Waals surface area (Å²) >= 11 is 2.78. The van der Waals surface area contributed by atoms with Gasteiger partial charge in [-0.15, -0.1) is 23.1 Å². The quantitative estimate of drug-likeness (QED) is 0.0662. The topological polar surface area (TPSA) is 154 Å². The SMILES string of the molecule is CC(C)(C)C1CCc2c(sc(NC(=O)CSc3cccc(NC(=O)/C(=C\c4ccc([N+](=O)[O-])cc4)NC(=O)c4ccccc4)c3)c2C#N)C1. The molecule has 1 aliphatic carbocycles. The minimum atomic E-state index is -0.609. The summed E-state index contributed by atoms with van der Waals surface area (Å²) in [6.07, 6.45) is 4.19. The molecule has 0 bridgehead atoms. The summed E-state index contributed by atoms with van der Waals surface area (Å²) in [5, 5.41) is 30.0. The smallest absolute Gasteiger partial charge is 0.272 e. The van der Waals surface area contributed by atoms with Gasteiger partial charge in [-0.3, -0.25) is 24.5 Å². The Morgan fingerprint density at radius 3 is 2.45 bits per heavy atom. The summed E-state index contributed by atoms with van der Waals surface area (Å²) in [5.74, 6) is -0.736. The van der Waals surface area contributed by atoms with E-state index in [4.69, 9.17) is 0 Å². The van der Waals surface area contributed by atoms with Gasteiger partial charge in [0.15, 0.2) is 0 Å². The number of hydrogen-bond acceptors (Lipinski definition) is 8. The maximum Gasteiger partial charge on any atom is 0.272 e. The molecular formula is C37H35N5O5S2. The Balaban J connectivity index is 1.26. The number of anilines is 2. The van der Waals surface area contributed by atoms with Gasteiger partial charge in [-0.1, -0.05) is 45.0 Å². The lowest BCUT2D eigenvalue weighted by Gasteiger charge is -2.33. The molecule has 0 aliphatic heterocycles. The Bertz CT molecular complexity index is 1960. The number of nitrogens with one attached hydrogen (secondary N) is 3. The highest BCUT2D eigenvalue weighted by Crippen LogP contribution is 2.44. The number of carbonyl (C=O) groups excluding carboxylic acids is 3. The van der Waals surface area contributed by atoms with Crippen molar-refractivity contribution in [3.05, 3.63) is 122 Å². The molecule has 1 aliphatic rings. The van der Waals surface area contributed by atoms with E-state index in [1.807, 2.05) is 6.07 Å². The predicted octanol–water partition coefficient (Wildman–Crippen LogP) is 7.82. The fourth-order valence-electron chi connectivity index (χ4n) is 5.51. The van der Waals surface area contributed by atoms with Crippen LogP contribution in [-0.2, 0) is 22.4 Å². The van der Waals surface area contributed by atoms with E-state index in [1.54, 1.807) is 48.5 Å². The van der Waals surface area contributed by atoms with Gasteiger partial charge in [0.25, 0.3) is 17.5 Å². The molecule has 12 heteroatoms. The molecule has 0 fully saturated rings. The lowest BCUT2D eigenvalue weighted by molar-refractivity contribution is -0.384. The number of thiophene rings is 1. The highest BCUT2D eigenvalue weighted by atomic mass is 32.2. The second-order valence-corrected chi connectivity index (χ2v) is 14.8. The summed E-state index contributed by atoms with van der Waals surface area (Å²) in [4.78, 5) is 51.9. The van der Waals surface area contributed by atoms with Crippen molar-refractivity contribution in [3.63, 3.8) is 0 Å². The van der Waals surface area contributed by atoms with Crippen LogP contribution in [0.25, 0.3) is 6.08 Å². The average Bonchev–Trinajstić information content (AvgIpc) is 3.43. The van der Waals surface area contributed by atoms with Gasteiger partial charge in [0.2, 0.25) is 5.91 Å². The van der Waals surface area contributed by atoms with E-state index in [2.05, 4.69) is 42.8 Å². The van der Waals surface area contributed by atoms with Crippen LogP contribution < -0.4 is 16.0 Å². The van der Waals surface area contributed by atoms with Crippen LogP contribution in [0.4, 0.5) is 16.4 Å². The van der Waals surface area contributed by atoms with E-state index in [0.717, 1.165) is 29.7 Å². The highest BCUT2D eigenvalue weighted by Gasteiger charge is 2.32. The molecule has 1 heterocycles. The lowest BCUT2D eigenvalue weighted by Crippen LogP contribution is -2.30. The normalized spacial score (nSPS) is 14.2. The molecule has 10 nitrogen and oxygen atoms in total. The first-order valence-electron chi connectivity index (χ1n) is 15.6. The van der Waals surface area contributed by atoms with E-state index < -0.39 is 16.7 Å². The van der Waals surface area contributed by atoms with Gasteiger partial charge in [0.1, 0.15) is 16.8 Å². The zero-order valence-electron chi connectivity index (χ0n) is 27.2. The standard InChI is InChI=1S/C37H35N5O5S2/c1-37(2,3)25-14-17-29-30(21-38)36(49-32(29)19-25)41-33(43)22-48-28-11-7-10-26(20-28)39-35(45)31(40-34(44)24-8-5-4-6-9-24)18-23-12-15-27(16-13-23)42(46)47/h4-13,15-16,18,20,25H,14,17,19,22H2,1-3H3,(H,39,45)(H,40,44)(H,41,43)/b31-18+. The van der Waals surface area contributed by atoms with Crippen molar-refractivity contribution >= 4 is 63.3 Å². The first kappa shape index (κ1) is 35.1. The molecule has 1 atom stereocenters. The minimum absolute atomic E-state index is 0.0686. The zero-order valence-corrected chi connectivity index (χ0v) is 28.9. The van der Waals surface area contributed by atoms with Crippen molar-refractivity contribution in [2.75, 3.05) is 16.4 Å². The Hall–Kier alpha value is -5.25. The van der Waals surface area contributed by atoms with Crippen molar-refractivity contribution in [2.24, 2.45) is 11.3 Å². The Morgan fingerprint density at radius 1 is 1.04 bits per heavy atom. The number of nitro benzene ring substituents is 1. The molecule has 3 aromatic carbocycles. The highest BCUT2D eigenvalue weighted by molar-refractivity contribution is 8.00. The molecule has 0 radical (unpaired) electrons. The summed E-state index contributed by atoms with van der Waals surface area (Å²) in [5.41, 5.74) is 2.87. The van der Waals surface area contributed by atoms with Crippen LogP contribution in [0.15, 0.2) is 89.5 Å². The molecule has 4 aromatic rings. The summed E-state index contributed by atoms with van der Waals surface area (Å²) in [6.45, 7) is 6.72. The number of carbonyl (C=O) groups is 3. The third-order valence-electron chi connectivity index (χ3n) is 8.26. The Labute approximate surface area is 292 Å². The maximum atomic E-state index is 13.5. The minimum Gasteiger partial charge on any atom is -0.321 e. The lowest BCUT2D eigenvalue weighted by atomic mass is 9.72. The van der Waals surface area contributed by atoms with Gasteiger partial charge in [-0.2, -0.15) is 5.26 Å². The molecule has 0 spiro atoms. The van der Waals surface area contributed by atoms with Crippen LogP contribution in [0.1, 0.15) is 59.1 Å². The number of nitriles is 1. The van der Waals surface area contributed by atoms with E-state index in [0.29, 0.717) is 33.3 Å². The molecule has 0 saturated heterocycles. The number of amides is 3. The van der Waals surface area contributed by atoms with Gasteiger partial charge in [0, 0.05) is 33.2 Å². The van der Waals surface area contributed by atoms with Crippen LogP contribution in [-0.4, -0.2) is 28.4 Å². The van der Waals surface area contributed by atoms with Crippen molar-refractivity contribution in [2.45, 2.75) is 44.9 Å². The van der Waals surface area contributed by atoms with Crippen LogP contribution in [0.2, 0.25) is 0 Å². The second-order valence-electron chi connectivity index (χ2n) is 12.7. The molecule has 250 valence electrons. The van der Waals surface area contributed by atoms with E-state index in [-0.39, 0.29) is 28.5 Å². The van der Waals surface area contributed by atoms with E-state index in [1.165, 1.54) is 58.3 Å². The van der Waals surface area contributed by atoms with Crippen LogP contribution in [0.3, 0.4) is 0 Å². The van der Waals surface area contributed by atoms with Crippen molar-refractivity contribution in [1.29, 1.82) is 5.26 Å². The first-order chi connectivity index (χ1) is 23.4. The number of non-ortho nitro benzene ring substituents is 1. The first-order valence-corrected chi connectivity index (χ1v) is 17.4. The van der Waals surface area contributed by atoms with Crippen molar-refractivity contribution < 1.29 is 19.3 Å². The summed E-state index contributed by atoms with van der Waals surface area (Å²) < 4.78 is 0. The molecule has 3 N–H and O–H groups in total. The van der Waals surface area contributed by atoms with Crippen molar-refractivity contribution in [3.8, 4) is 6.07 Å². The number of thioether (sulfide) groups is 1. The third kappa shape index (κ3) is 9.01. The number of rotatable bonds is 10. The van der Waals surface area contributed by atoms with Gasteiger partial charge >= 0.3 is 0 Å². The molecule has 49 heavy (non-hydrogen) atoms. The van der Waals surface area contributed by atoms with Gasteiger partial charge in [-0.25, -0.2) is 0 Å². The fraction of sp³-hybridized carbons (Fsp3) is 0.243. The molecule has 3 amide bonds. The van der Waals surface area contributed by atoms with E-state index >= 15 is 0 Å². The van der Waals surface area contributed by atoms with E-state index in [9.17, 15) is 29.8 Å². The number of fused-ring (bicyclic) bond motifs is 1. The van der Waals surface area contributed by atoms with Crippen LogP contribution >= 0.6 is 23.1 Å². The Kier molecular flexibility index (Phi) is 11.0. The van der Waals surface area contributed by atoms with Crippen molar-refractivity contribution in [1.82, 2.24) is 5.32 Å².